The highest BCUT2D eigenvalue weighted by Gasteiger charge is 2.38. The summed E-state index contributed by atoms with van der Waals surface area (Å²) in [5.74, 6) is -0.559. The fourth-order valence-electron chi connectivity index (χ4n) is 2.51. The number of nitrogens with one attached hydrogen (secondary N) is 1. The van der Waals surface area contributed by atoms with Gasteiger partial charge in [-0.25, -0.2) is 0 Å². The summed E-state index contributed by atoms with van der Waals surface area (Å²) in [5.41, 5.74) is 1.39. The van der Waals surface area contributed by atoms with Crippen LogP contribution < -0.4 is 10.2 Å². The highest BCUT2D eigenvalue weighted by molar-refractivity contribution is 6.14. The first-order valence-corrected chi connectivity index (χ1v) is 8.10. The van der Waals surface area contributed by atoms with Gasteiger partial charge in [0.15, 0.2) is 0 Å². The predicted molar refractivity (Wildman–Crippen MR) is 98.1 cm³/mol. The molecule has 2 aromatic rings. The lowest BCUT2D eigenvalue weighted by Gasteiger charge is -2.28. The summed E-state index contributed by atoms with van der Waals surface area (Å²) in [6, 6.07) is 17.0. The summed E-state index contributed by atoms with van der Waals surface area (Å²) in [4.78, 5) is 27.1. The molecule has 0 saturated heterocycles. The van der Waals surface area contributed by atoms with Crippen molar-refractivity contribution < 1.29 is 9.59 Å². The summed E-state index contributed by atoms with van der Waals surface area (Å²) in [6.45, 7) is 5.34. The van der Waals surface area contributed by atoms with Crippen LogP contribution in [0.25, 0.3) is 0 Å². The molecule has 4 nitrogen and oxygen atoms in total. The molecule has 0 unspecified atom stereocenters. The fraction of sp³-hybridized carbons (Fsp3) is 0.300. The number of carbonyl (C=O) groups is 2. The first-order valence-electron chi connectivity index (χ1n) is 8.10. The SMILES string of the molecule is CCc1ccccc1NC(=O)C(C)(C)C(=O)N(C)c1ccccc1. The van der Waals surface area contributed by atoms with E-state index in [0.717, 1.165) is 23.4 Å². The molecule has 0 aliphatic heterocycles. The van der Waals surface area contributed by atoms with Gasteiger partial charge in [0.25, 0.3) is 0 Å². The van der Waals surface area contributed by atoms with Gasteiger partial charge >= 0.3 is 0 Å². The number of benzene rings is 2. The monoisotopic (exact) mass is 324 g/mol. The average Bonchev–Trinajstić information content (AvgIpc) is 2.61. The van der Waals surface area contributed by atoms with E-state index in [2.05, 4.69) is 5.32 Å². The molecular weight excluding hydrogens is 300 g/mol. The Labute approximate surface area is 143 Å². The van der Waals surface area contributed by atoms with Crippen LogP contribution in [0, 0.1) is 5.41 Å². The maximum absolute atomic E-state index is 12.8. The normalized spacial score (nSPS) is 11.0. The zero-order valence-corrected chi connectivity index (χ0v) is 14.7. The average molecular weight is 324 g/mol. The van der Waals surface area contributed by atoms with E-state index >= 15 is 0 Å². The molecule has 0 radical (unpaired) electrons. The lowest BCUT2D eigenvalue weighted by Crippen LogP contribution is -2.46. The van der Waals surface area contributed by atoms with Crippen molar-refractivity contribution in [1.29, 1.82) is 0 Å². The third kappa shape index (κ3) is 3.65. The summed E-state index contributed by atoms with van der Waals surface area (Å²) >= 11 is 0. The Morgan fingerprint density at radius 2 is 1.58 bits per heavy atom. The van der Waals surface area contributed by atoms with Gasteiger partial charge in [0.1, 0.15) is 5.41 Å². The Kier molecular flexibility index (Phi) is 5.39. The van der Waals surface area contributed by atoms with E-state index in [1.165, 1.54) is 4.90 Å². The largest absolute Gasteiger partial charge is 0.325 e. The van der Waals surface area contributed by atoms with Gasteiger partial charge in [0.2, 0.25) is 11.8 Å². The van der Waals surface area contributed by atoms with Crippen LogP contribution in [0.3, 0.4) is 0 Å². The molecule has 0 heterocycles. The topological polar surface area (TPSA) is 49.4 Å². The smallest absolute Gasteiger partial charge is 0.241 e. The lowest BCUT2D eigenvalue weighted by molar-refractivity contribution is -0.136. The van der Waals surface area contributed by atoms with E-state index < -0.39 is 5.41 Å². The minimum Gasteiger partial charge on any atom is -0.325 e. The van der Waals surface area contributed by atoms with E-state index in [1.807, 2.05) is 61.5 Å². The number of anilines is 2. The zero-order valence-electron chi connectivity index (χ0n) is 14.7. The standard InChI is InChI=1S/C20H24N2O2/c1-5-15-11-9-10-14-17(15)21-18(23)20(2,3)19(24)22(4)16-12-7-6-8-13-16/h6-14H,5H2,1-4H3,(H,21,23). The highest BCUT2D eigenvalue weighted by Crippen LogP contribution is 2.25. The number of hydrogen-bond acceptors (Lipinski definition) is 2. The van der Waals surface area contributed by atoms with Crippen molar-refractivity contribution in [3.05, 3.63) is 60.2 Å². The van der Waals surface area contributed by atoms with Crippen LogP contribution in [0.5, 0.6) is 0 Å². The van der Waals surface area contributed by atoms with E-state index in [4.69, 9.17) is 0 Å². The van der Waals surface area contributed by atoms with E-state index in [-0.39, 0.29) is 11.8 Å². The number of para-hydroxylation sites is 2. The van der Waals surface area contributed by atoms with Crippen LogP contribution >= 0.6 is 0 Å². The Hall–Kier alpha value is -2.62. The number of amides is 2. The molecule has 4 heteroatoms. The van der Waals surface area contributed by atoms with Crippen molar-refractivity contribution in [2.75, 3.05) is 17.3 Å². The molecular formula is C20H24N2O2. The number of aryl methyl sites for hydroxylation is 1. The summed E-state index contributed by atoms with van der Waals surface area (Å²) in [6.07, 6.45) is 0.814. The maximum Gasteiger partial charge on any atom is 0.241 e. The highest BCUT2D eigenvalue weighted by atomic mass is 16.2. The minimum atomic E-state index is -1.18. The third-order valence-corrected chi connectivity index (χ3v) is 4.20. The van der Waals surface area contributed by atoms with Crippen molar-refractivity contribution >= 4 is 23.2 Å². The first kappa shape index (κ1) is 17.7. The molecule has 0 aliphatic carbocycles. The quantitative estimate of drug-likeness (QED) is 0.849. The molecule has 0 fully saturated rings. The van der Waals surface area contributed by atoms with E-state index in [9.17, 15) is 9.59 Å². The van der Waals surface area contributed by atoms with Crippen molar-refractivity contribution in [2.45, 2.75) is 27.2 Å². The first-order chi connectivity index (χ1) is 11.4. The van der Waals surface area contributed by atoms with Crippen LogP contribution in [0.15, 0.2) is 54.6 Å². The Morgan fingerprint density at radius 1 is 1.00 bits per heavy atom. The summed E-state index contributed by atoms with van der Waals surface area (Å²) in [7, 11) is 1.69. The van der Waals surface area contributed by atoms with E-state index in [0.29, 0.717) is 0 Å². The van der Waals surface area contributed by atoms with Crippen LogP contribution in [0.4, 0.5) is 11.4 Å². The number of carbonyl (C=O) groups excluding carboxylic acids is 2. The van der Waals surface area contributed by atoms with Gasteiger partial charge < -0.3 is 10.2 Å². The van der Waals surface area contributed by atoms with Gasteiger partial charge in [-0.1, -0.05) is 43.3 Å². The molecule has 0 aromatic heterocycles. The van der Waals surface area contributed by atoms with Crippen LogP contribution in [0.2, 0.25) is 0 Å². The molecule has 24 heavy (non-hydrogen) atoms. The lowest BCUT2D eigenvalue weighted by atomic mass is 9.90. The van der Waals surface area contributed by atoms with Crippen molar-refractivity contribution in [1.82, 2.24) is 0 Å². The van der Waals surface area contributed by atoms with E-state index in [1.54, 1.807) is 20.9 Å². The van der Waals surface area contributed by atoms with Crippen LogP contribution in [-0.4, -0.2) is 18.9 Å². The van der Waals surface area contributed by atoms with Crippen LogP contribution in [0.1, 0.15) is 26.3 Å². The second-order valence-electron chi connectivity index (χ2n) is 6.29. The van der Waals surface area contributed by atoms with Crippen molar-refractivity contribution in [3.8, 4) is 0 Å². The zero-order chi connectivity index (χ0) is 17.7. The number of nitrogens with zero attached hydrogens (tertiary/aromatic N) is 1. The molecule has 0 bridgehead atoms. The summed E-state index contributed by atoms with van der Waals surface area (Å²) in [5, 5.41) is 2.90. The van der Waals surface area contributed by atoms with Crippen molar-refractivity contribution in [3.63, 3.8) is 0 Å². The molecule has 0 atom stereocenters. The molecule has 126 valence electrons. The Bertz CT molecular complexity index is 723. The van der Waals surface area contributed by atoms with Crippen LogP contribution in [-0.2, 0) is 16.0 Å². The molecule has 0 aliphatic rings. The minimum absolute atomic E-state index is 0.250. The molecule has 0 spiro atoms. The van der Waals surface area contributed by atoms with Gasteiger partial charge in [-0.15, -0.1) is 0 Å². The third-order valence-electron chi connectivity index (χ3n) is 4.20. The maximum atomic E-state index is 12.8. The molecule has 2 amide bonds. The number of hydrogen-bond donors (Lipinski definition) is 1. The molecule has 2 rings (SSSR count). The molecule has 2 aromatic carbocycles. The fourth-order valence-corrected chi connectivity index (χ4v) is 2.51. The van der Waals surface area contributed by atoms with Gasteiger partial charge in [0, 0.05) is 18.4 Å². The Balaban J connectivity index is 2.19. The second kappa shape index (κ2) is 7.30. The number of rotatable bonds is 5. The van der Waals surface area contributed by atoms with Crippen molar-refractivity contribution in [2.24, 2.45) is 5.41 Å². The Morgan fingerprint density at radius 3 is 2.21 bits per heavy atom. The molecule has 1 N–H and O–H groups in total. The predicted octanol–water partition coefficient (Wildman–Crippen LogP) is 3.88. The van der Waals surface area contributed by atoms with Gasteiger partial charge in [-0.3, -0.25) is 9.59 Å². The van der Waals surface area contributed by atoms with Gasteiger partial charge in [-0.05, 0) is 44.0 Å². The second-order valence-corrected chi connectivity index (χ2v) is 6.29. The van der Waals surface area contributed by atoms with Gasteiger partial charge in [0.05, 0.1) is 0 Å². The summed E-state index contributed by atoms with van der Waals surface area (Å²) < 4.78 is 0. The molecule has 0 saturated carbocycles. The van der Waals surface area contributed by atoms with Gasteiger partial charge in [-0.2, -0.15) is 0 Å².